The van der Waals surface area contributed by atoms with Gasteiger partial charge in [-0.05, 0) is 44.5 Å². The van der Waals surface area contributed by atoms with Gasteiger partial charge in [0.15, 0.2) is 0 Å². The van der Waals surface area contributed by atoms with Gasteiger partial charge in [0.25, 0.3) is 0 Å². The lowest BCUT2D eigenvalue weighted by molar-refractivity contribution is 0.0698. The number of rotatable bonds is 2. The Labute approximate surface area is 125 Å². The van der Waals surface area contributed by atoms with E-state index in [9.17, 15) is 9.90 Å². The van der Waals surface area contributed by atoms with E-state index in [2.05, 4.69) is 16.7 Å². The van der Waals surface area contributed by atoms with Crippen LogP contribution in [-0.4, -0.2) is 47.7 Å². The van der Waals surface area contributed by atoms with Gasteiger partial charge in [-0.2, -0.15) is 0 Å². The van der Waals surface area contributed by atoms with E-state index < -0.39 is 5.97 Å². The zero-order valence-electron chi connectivity index (χ0n) is 12.5. The first-order valence-electron chi connectivity index (χ1n) is 7.70. The number of carbonyl (C=O) groups is 1. The summed E-state index contributed by atoms with van der Waals surface area (Å²) in [7, 11) is 0. The highest BCUT2D eigenvalue weighted by molar-refractivity contribution is 5.94. The summed E-state index contributed by atoms with van der Waals surface area (Å²) in [5.74, 6) is -0.960. The molecule has 1 aromatic rings. The predicted octanol–water partition coefficient (Wildman–Crippen LogP) is 2.03. The lowest BCUT2D eigenvalue weighted by Crippen LogP contribution is -2.58. The first kappa shape index (κ1) is 14.2. The van der Waals surface area contributed by atoms with Crippen molar-refractivity contribution in [3.8, 4) is 0 Å². The van der Waals surface area contributed by atoms with Gasteiger partial charge in [0.1, 0.15) is 0 Å². The Hall–Kier alpha value is -1.75. The van der Waals surface area contributed by atoms with E-state index in [1.165, 1.54) is 25.8 Å². The number of aromatic carboxylic acids is 1. The first-order chi connectivity index (χ1) is 10.1. The molecule has 2 unspecified atom stereocenters. The van der Waals surface area contributed by atoms with Crippen LogP contribution in [0.3, 0.4) is 0 Å². The smallest absolute Gasteiger partial charge is 0.337 e. The Morgan fingerprint density at radius 2 is 2.14 bits per heavy atom. The molecule has 5 heteroatoms. The van der Waals surface area contributed by atoms with Gasteiger partial charge >= 0.3 is 5.97 Å². The van der Waals surface area contributed by atoms with Crippen molar-refractivity contribution in [1.82, 2.24) is 4.90 Å². The van der Waals surface area contributed by atoms with E-state index >= 15 is 0 Å². The maximum absolute atomic E-state index is 11.3. The summed E-state index contributed by atoms with van der Waals surface area (Å²) in [5.41, 5.74) is 7.25. The number of piperazine rings is 1. The molecule has 2 atom stereocenters. The number of anilines is 2. The van der Waals surface area contributed by atoms with Gasteiger partial charge in [0.2, 0.25) is 0 Å². The number of hydrogen-bond donors (Lipinski definition) is 2. The quantitative estimate of drug-likeness (QED) is 0.815. The third kappa shape index (κ3) is 2.70. The lowest BCUT2D eigenvalue weighted by Gasteiger charge is -2.48. The molecule has 3 N–H and O–H groups in total. The van der Waals surface area contributed by atoms with Gasteiger partial charge in [-0.3, -0.25) is 4.90 Å². The summed E-state index contributed by atoms with van der Waals surface area (Å²) < 4.78 is 0. The Kier molecular flexibility index (Phi) is 3.76. The normalized spacial score (nSPS) is 26.4. The van der Waals surface area contributed by atoms with Crippen molar-refractivity contribution in [3.63, 3.8) is 0 Å². The number of carboxylic acid groups (broad SMARTS) is 1. The molecule has 0 bridgehead atoms. The molecule has 2 saturated heterocycles. The van der Waals surface area contributed by atoms with Crippen LogP contribution in [0, 0.1) is 0 Å². The summed E-state index contributed by atoms with van der Waals surface area (Å²) >= 11 is 0. The zero-order valence-corrected chi connectivity index (χ0v) is 12.5. The SMILES string of the molecule is CC1CN2CCCCC2CN1c1ccc(N)c(C(=O)O)c1. The van der Waals surface area contributed by atoms with E-state index in [4.69, 9.17) is 5.73 Å². The van der Waals surface area contributed by atoms with Gasteiger partial charge in [-0.25, -0.2) is 4.79 Å². The summed E-state index contributed by atoms with van der Waals surface area (Å²) in [4.78, 5) is 16.2. The first-order valence-corrected chi connectivity index (χ1v) is 7.70. The zero-order chi connectivity index (χ0) is 15.0. The number of carboxylic acids is 1. The van der Waals surface area contributed by atoms with Gasteiger partial charge in [-0.1, -0.05) is 6.42 Å². The summed E-state index contributed by atoms with van der Waals surface area (Å²) in [6, 6.07) is 6.35. The summed E-state index contributed by atoms with van der Waals surface area (Å²) in [6.07, 6.45) is 3.84. The fourth-order valence-electron chi connectivity index (χ4n) is 3.62. The molecule has 2 aliphatic heterocycles. The van der Waals surface area contributed by atoms with Crippen molar-refractivity contribution >= 4 is 17.3 Å². The molecule has 0 spiro atoms. The van der Waals surface area contributed by atoms with Crippen LogP contribution >= 0.6 is 0 Å². The highest BCUT2D eigenvalue weighted by Gasteiger charge is 2.33. The van der Waals surface area contributed by atoms with Crippen LogP contribution < -0.4 is 10.6 Å². The maximum Gasteiger partial charge on any atom is 0.337 e. The summed E-state index contributed by atoms with van der Waals surface area (Å²) in [6.45, 7) is 5.44. The van der Waals surface area contributed by atoms with Crippen molar-refractivity contribution in [2.24, 2.45) is 0 Å². The highest BCUT2D eigenvalue weighted by Crippen LogP contribution is 2.29. The second-order valence-electron chi connectivity index (χ2n) is 6.22. The van der Waals surface area contributed by atoms with Crippen molar-refractivity contribution < 1.29 is 9.90 Å². The van der Waals surface area contributed by atoms with E-state index in [1.807, 2.05) is 6.07 Å². The Bertz CT molecular complexity index is 546. The Balaban J connectivity index is 1.85. The number of nitrogen functional groups attached to an aromatic ring is 1. The van der Waals surface area contributed by atoms with E-state index in [1.54, 1.807) is 12.1 Å². The number of fused-ring (bicyclic) bond motifs is 1. The molecule has 114 valence electrons. The maximum atomic E-state index is 11.3. The third-order valence-electron chi connectivity index (χ3n) is 4.79. The molecule has 3 rings (SSSR count). The number of nitrogens with two attached hydrogens (primary N) is 1. The highest BCUT2D eigenvalue weighted by atomic mass is 16.4. The molecule has 2 aliphatic rings. The van der Waals surface area contributed by atoms with Gasteiger partial charge in [0, 0.05) is 36.5 Å². The Morgan fingerprint density at radius 3 is 2.90 bits per heavy atom. The minimum Gasteiger partial charge on any atom is -0.478 e. The van der Waals surface area contributed by atoms with E-state index in [-0.39, 0.29) is 5.56 Å². The van der Waals surface area contributed by atoms with Gasteiger partial charge in [0.05, 0.1) is 5.56 Å². The van der Waals surface area contributed by atoms with Crippen LogP contribution in [0.1, 0.15) is 36.5 Å². The standard InChI is InChI=1S/C16H23N3O2/c1-11-9-18-7-3-2-4-13(18)10-19(11)12-5-6-15(17)14(8-12)16(20)21/h5-6,8,11,13H,2-4,7,9-10,17H2,1H3,(H,20,21). The summed E-state index contributed by atoms with van der Waals surface area (Å²) in [5, 5.41) is 9.24. The molecule has 0 aromatic heterocycles. The molecule has 5 nitrogen and oxygen atoms in total. The average Bonchev–Trinajstić information content (AvgIpc) is 2.47. The van der Waals surface area contributed by atoms with Crippen LogP contribution in [0.15, 0.2) is 18.2 Å². The average molecular weight is 289 g/mol. The lowest BCUT2D eigenvalue weighted by atomic mass is 9.96. The molecular formula is C16H23N3O2. The third-order valence-corrected chi connectivity index (χ3v) is 4.79. The second-order valence-corrected chi connectivity index (χ2v) is 6.22. The van der Waals surface area contributed by atoms with Crippen LogP contribution in [0.4, 0.5) is 11.4 Å². The van der Waals surface area contributed by atoms with Crippen molar-refractivity contribution in [2.75, 3.05) is 30.3 Å². The molecular weight excluding hydrogens is 266 g/mol. The molecule has 0 saturated carbocycles. The minimum atomic E-state index is -0.960. The molecule has 0 aliphatic carbocycles. The monoisotopic (exact) mass is 289 g/mol. The molecule has 21 heavy (non-hydrogen) atoms. The second kappa shape index (κ2) is 5.56. The van der Waals surface area contributed by atoms with Crippen LogP contribution in [0.25, 0.3) is 0 Å². The number of piperidine rings is 1. The predicted molar refractivity (Wildman–Crippen MR) is 83.8 cm³/mol. The molecule has 2 heterocycles. The molecule has 0 amide bonds. The van der Waals surface area contributed by atoms with Crippen LogP contribution in [-0.2, 0) is 0 Å². The van der Waals surface area contributed by atoms with Gasteiger partial charge < -0.3 is 15.7 Å². The van der Waals surface area contributed by atoms with Crippen molar-refractivity contribution in [2.45, 2.75) is 38.3 Å². The van der Waals surface area contributed by atoms with Gasteiger partial charge in [-0.15, -0.1) is 0 Å². The number of benzene rings is 1. The fraction of sp³-hybridized carbons (Fsp3) is 0.562. The largest absolute Gasteiger partial charge is 0.478 e. The molecule has 2 fully saturated rings. The van der Waals surface area contributed by atoms with Crippen molar-refractivity contribution in [3.05, 3.63) is 23.8 Å². The molecule has 1 aromatic carbocycles. The Morgan fingerprint density at radius 1 is 1.33 bits per heavy atom. The minimum absolute atomic E-state index is 0.200. The van der Waals surface area contributed by atoms with Crippen LogP contribution in [0.2, 0.25) is 0 Å². The van der Waals surface area contributed by atoms with Crippen LogP contribution in [0.5, 0.6) is 0 Å². The fourth-order valence-corrected chi connectivity index (χ4v) is 3.62. The number of nitrogens with zero attached hydrogens (tertiary/aromatic N) is 2. The molecule has 0 radical (unpaired) electrons. The van der Waals surface area contributed by atoms with Crippen molar-refractivity contribution in [1.29, 1.82) is 0 Å². The number of hydrogen-bond acceptors (Lipinski definition) is 4. The van der Waals surface area contributed by atoms with E-state index in [0.29, 0.717) is 17.8 Å². The van der Waals surface area contributed by atoms with E-state index in [0.717, 1.165) is 18.8 Å². The topological polar surface area (TPSA) is 69.8 Å².